The van der Waals surface area contributed by atoms with E-state index in [1.165, 1.54) is 12.1 Å². The highest BCUT2D eigenvalue weighted by Gasteiger charge is 2.10. The van der Waals surface area contributed by atoms with Crippen LogP contribution in [0.4, 0.5) is 16.2 Å². The maximum Gasteiger partial charge on any atom is 0.224 e. The molecule has 1 aromatic carbocycles. The Morgan fingerprint density at radius 2 is 2.00 bits per heavy atom. The summed E-state index contributed by atoms with van der Waals surface area (Å²) in [6.45, 7) is 0.583. The molecule has 0 saturated heterocycles. The molecule has 6 heteroatoms. The van der Waals surface area contributed by atoms with Gasteiger partial charge in [0.2, 0.25) is 5.95 Å². The van der Waals surface area contributed by atoms with Crippen LogP contribution in [0.3, 0.4) is 0 Å². The molecule has 1 aromatic heterocycles. The molecule has 0 saturated carbocycles. The number of nitrogens with one attached hydrogen (secondary N) is 1. The number of benzene rings is 1. The quantitative estimate of drug-likeness (QED) is 0.935. The van der Waals surface area contributed by atoms with E-state index in [2.05, 4.69) is 15.3 Å². The molecule has 2 rings (SSSR count). The fourth-order valence-electron chi connectivity index (χ4n) is 1.68. The lowest BCUT2D eigenvalue weighted by molar-refractivity contribution is 0.627. The van der Waals surface area contributed by atoms with Crippen molar-refractivity contribution in [3.05, 3.63) is 46.9 Å². The molecule has 0 amide bonds. The lowest BCUT2D eigenvalue weighted by Crippen LogP contribution is -2.19. The highest BCUT2D eigenvalue weighted by atomic mass is 35.5. The molecule has 4 nitrogen and oxygen atoms in total. The Kier molecular flexibility index (Phi) is 4.16. The number of hydrogen-bond acceptors (Lipinski definition) is 4. The average Bonchev–Trinajstić information content (AvgIpc) is 2.42. The van der Waals surface area contributed by atoms with E-state index in [0.29, 0.717) is 23.3 Å². The van der Waals surface area contributed by atoms with Crippen LogP contribution in [0.2, 0.25) is 5.02 Å². The summed E-state index contributed by atoms with van der Waals surface area (Å²) in [6, 6.07) is 6.34. The molecule has 0 aliphatic carbocycles. The fraction of sp³-hybridized carbons (Fsp3) is 0.231. The molecule has 0 atom stereocenters. The van der Waals surface area contributed by atoms with E-state index in [-0.39, 0.29) is 5.82 Å². The third-order valence-corrected chi connectivity index (χ3v) is 2.91. The number of halogens is 2. The monoisotopic (exact) mass is 280 g/mol. The van der Waals surface area contributed by atoms with Gasteiger partial charge in [0.15, 0.2) is 5.82 Å². The molecule has 0 aliphatic rings. The van der Waals surface area contributed by atoms with Crippen LogP contribution in [-0.2, 0) is 6.54 Å². The van der Waals surface area contributed by atoms with Crippen LogP contribution in [-0.4, -0.2) is 24.1 Å². The predicted octanol–water partition coefficient (Wildman–Crippen LogP) is 2.95. The Bertz CT molecular complexity index is 559. The normalized spacial score (nSPS) is 10.3. The van der Waals surface area contributed by atoms with Gasteiger partial charge >= 0.3 is 0 Å². The molecule has 0 radical (unpaired) electrons. The molecule has 0 bridgehead atoms. The van der Waals surface area contributed by atoms with Crippen molar-refractivity contribution in [3.8, 4) is 0 Å². The van der Waals surface area contributed by atoms with Gasteiger partial charge in [-0.25, -0.2) is 9.37 Å². The molecule has 0 spiro atoms. The first-order chi connectivity index (χ1) is 9.10. The van der Waals surface area contributed by atoms with Crippen molar-refractivity contribution in [1.82, 2.24) is 9.97 Å². The van der Waals surface area contributed by atoms with Gasteiger partial charge in [0.05, 0.1) is 6.20 Å². The van der Waals surface area contributed by atoms with Crippen LogP contribution < -0.4 is 10.2 Å². The molecule has 1 heterocycles. The highest BCUT2D eigenvalue weighted by molar-refractivity contribution is 6.32. The van der Waals surface area contributed by atoms with Crippen LogP contribution >= 0.6 is 11.6 Å². The molecule has 0 unspecified atom stereocenters. The van der Waals surface area contributed by atoms with Gasteiger partial charge in [-0.1, -0.05) is 23.7 Å². The summed E-state index contributed by atoms with van der Waals surface area (Å²) in [4.78, 5) is 10.2. The summed E-state index contributed by atoms with van der Waals surface area (Å²) in [5.41, 5.74) is 0.976. The predicted molar refractivity (Wildman–Crippen MR) is 75.1 cm³/mol. The maximum absolute atomic E-state index is 12.8. The Labute approximate surface area is 116 Å². The number of rotatable bonds is 4. The first-order valence-electron chi connectivity index (χ1n) is 5.76. The van der Waals surface area contributed by atoms with Gasteiger partial charge in [0, 0.05) is 20.6 Å². The summed E-state index contributed by atoms with van der Waals surface area (Å²) >= 11 is 6.09. The van der Waals surface area contributed by atoms with Gasteiger partial charge in [0.25, 0.3) is 0 Å². The van der Waals surface area contributed by atoms with E-state index in [9.17, 15) is 4.39 Å². The van der Waals surface area contributed by atoms with E-state index in [1.807, 2.05) is 11.9 Å². The van der Waals surface area contributed by atoms with E-state index in [0.717, 1.165) is 5.56 Å². The van der Waals surface area contributed by atoms with Crippen molar-refractivity contribution < 1.29 is 4.39 Å². The van der Waals surface area contributed by atoms with Crippen LogP contribution in [0.25, 0.3) is 0 Å². The minimum atomic E-state index is -0.246. The third-order valence-electron chi connectivity index (χ3n) is 2.64. The molecule has 100 valence electrons. The van der Waals surface area contributed by atoms with Crippen LogP contribution in [0, 0.1) is 5.82 Å². The van der Waals surface area contributed by atoms with Crippen molar-refractivity contribution in [2.75, 3.05) is 24.3 Å². The number of hydrogen-bond donors (Lipinski definition) is 1. The topological polar surface area (TPSA) is 41.1 Å². The van der Waals surface area contributed by atoms with Crippen molar-refractivity contribution in [2.45, 2.75) is 6.54 Å². The van der Waals surface area contributed by atoms with Crippen LogP contribution in [0.15, 0.2) is 30.5 Å². The second-order valence-electron chi connectivity index (χ2n) is 4.10. The smallest absolute Gasteiger partial charge is 0.224 e. The van der Waals surface area contributed by atoms with Crippen molar-refractivity contribution >= 4 is 23.4 Å². The van der Waals surface area contributed by atoms with E-state index < -0.39 is 0 Å². The lowest BCUT2D eigenvalue weighted by Gasteiger charge is -2.19. The van der Waals surface area contributed by atoms with Crippen molar-refractivity contribution in [1.29, 1.82) is 0 Å². The molecular formula is C13H14ClFN4. The zero-order valence-corrected chi connectivity index (χ0v) is 11.4. The summed E-state index contributed by atoms with van der Waals surface area (Å²) in [5, 5.41) is 3.34. The Morgan fingerprint density at radius 3 is 2.63 bits per heavy atom. The van der Waals surface area contributed by atoms with E-state index >= 15 is 0 Å². The van der Waals surface area contributed by atoms with Gasteiger partial charge < -0.3 is 10.2 Å². The van der Waals surface area contributed by atoms with Crippen LogP contribution in [0.5, 0.6) is 0 Å². The minimum absolute atomic E-state index is 0.246. The second-order valence-corrected chi connectivity index (χ2v) is 4.50. The van der Waals surface area contributed by atoms with E-state index in [4.69, 9.17) is 11.6 Å². The Morgan fingerprint density at radius 1 is 1.32 bits per heavy atom. The largest absolute Gasteiger partial charge is 0.357 e. The van der Waals surface area contributed by atoms with Crippen molar-refractivity contribution in [3.63, 3.8) is 0 Å². The SMILES string of the molecule is CNc1ncc(Cl)c(N(C)Cc2ccc(F)cc2)n1. The summed E-state index contributed by atoms with van der Waals surface area (Å²) < 4.78 is 12.8. The average molecular weight is 281 g/mol. The van der Waals surface area contributed by atoms with Gasteiger partial charge in [-0.05, 0) is 17.7 Å². The Hall–Kier alpha value is -1.88. The first kappa shape index (κ1) is 13.5. The Balaban J connectivity index is 2.19. The zero-order valence-electron chi connectivity index (χ0n) is 10.7. The molecular weight excluding hydrogens is 267 g/mol. The first-order valence-corrected chi connectivity index (χ1v) is 6.14. The summed E-state index contributed by atoms with van der Waals surface area (Å²) in [5.74, 6) is 0.889. The second kappa shape index (κ2) is 5.84. The maximum atomic E-state index is 12.8. The highest BCUT2D eigenvalue weighted by Crippen LogP contribution is 2.23. The van der Waals surface area contributed by atoms with Gasteiger partial charge in [0.1, 0.15) is 10.8 Å². The van der Waals surface area contributed by atoms with Gasteiger partial charge in [-0.15, -0.1) is 0 Å². The van der Waals surface area contributed by atoms with Crippen molar-refractivity contribution in [2.24, 2.45) is 0 Å². The standard InChI is InChI=1S/C13H14ClFN4/c1-16-13-17-7-11(14)12(18-13)19(2)8-9-3-5-10(15)6-4-9/h3-7H,8H2,1-2H3,(H,16,17,18). The number of anilines is 2. The molecule has 2 aromatic rings. The minimum Gasteiger partial charge on any atom is -0.357 e. The van der Waals surface area contributed by atoms with Gasteiger partial charge in [-0.3, -0.25) is 0 Å². The zero-order chi connectivity index (χ0) is 13.8. The molecule has 0 aliphatic heterocycles. The third kappa shape index (κ3) is 3.32. The molecule has 0 fully saturated rings. The lowest BCUT2D eigenvalue weighted by atomic mass is 10.2. The molecule has 1 N–H and O–H groups in total. The van der Waals surface area contributed by atoms with E-state index in [1.54, 1.807) is 25.4 Å². The van der Waals surface area contributed by atoms with Crippen LogP contribution in [0.1, 0.15) is 5.56 Å². The number of nitrogens with zero attached hydrogens (tertiary/aromatic N) is 3. The fourth-order valence-corrected chi connectivity index (χ4v) is 1.92. The number of aromatic nitrogens is 2. The van der Waals surface area contributed by atoms with Gasteiger partial charge in [-0.2, -0.15) is 4.98 Å². The summed E-state index contributed by atoms with van der Waals surface area (Å²) in [6.07, 6.45) is 1.55. The summed E-state index contributed by atoms with van der Waals surface area (Å²) in [7, 11) is 3.62. The molecule has 19 heavy (non-hydrogen) atoms.